The van der Waals surface area contributed by atoms with Crippen molar-refractivity contribution >= 4 is 58.8 Å². The second kappa shape index (κ2) is 55.9. The van der Waals surface area contributed by atoms with Crippen LogP contribution in [0, 0.1) is 0 Å². The monoisotopic (exact) mass is 1040 g/mol. The van der Waals surface area contributed by atoms with Crippen molar-refractivity contribution in [2.75, 3.05) is 51.1 Å². The Morgan fingerprint density at radius 1 is 0.227 bits per heavy atom. The molecule has 0 atom stereocenters. The van der Waals surface area contributed by atoms with Crippen molar-refractivity contribution < 1.29 is 26.6 Å². The van der Waals surface area contributed by atoms with Crippen LogP contribution in [0.4, 0.5) is 0 Å². The molecule has 12 heteroatoms. The minimum absolute atomic E-state index is 0.758. The Bertz CT molecular complexity index is 803. The van der Waals surface area contributed by atoms with Gasteiger partial charge in [0, 0.05) is 63.2 Å². The van der Waals surface area contributed by atoms with Crippen LogP contribution in [0.1, 0.15) is 286 Å². The van der Waals surface area contributed by atoms with E-state index in [2.05, 4.69) is 63.1 Å². The van der Waals surface area contributed by atoms with Crippen LogP contribution in [0.3, 0.4) is 0 Å². The Kier molecular flexibility index (Phi) is 57.2. The smallest absolute Gasteiger partial charge is 0.373 e. The van der Waals surface area contributed by atoms with E-state index in [-0.39, 0.29) is 0 Å². The fourth-order valence-electron chi connectivity index (χ4n) is 8.29. The van der Waals surface area contributed by atoms with Crippen molar-refractivity contribution in [1.29, 1.82) is 0 Å². The number of rotatable bonds is 59. The summed E-state index contributed by atoms with van der Waals surface area (Å²) in [5, 5.41) is 0. The van der Waals surface area contributed by atoms with Crippen LogP contribution in [0.5, 0.6) is 0 Å². The van der Waals surface area contributed by atoms with Gasteiger partial charge in [0.1, 0.15) is 0 Å². The van der Waals surface area contributed by atoms with E-state index in [1.54, 1.807) is 0 Å². The maximum Gasteiger partial charge on any atom is 0.500 e. The summed E-state index contributed by atoms with van der Waals surface area (Å²) in [4.78, 5) is 0. The molecule has 0 aliphatic carbocycles. The first-order valence-corrected chi connectivity index (χ1v) is 38.0. The number of unbranched alkanes of at least 4 members (excludes halogenated alkanes) is 30. The molecule has 0 fully saturated rings. The molecule has 0 amide bonds. The van der Waals surface area contributed by atoms with Crippen molar-refractivity contribution in [3.05, 3.63) is 0 Å². The standard InChI is InChI=1S/C54H114O6S4Si2/c1-7-45-55-65(56-46-8-2,57-47-9-3)53-43-39-35-31-27-23-19-15-13-17-21-25-29-33-37-41-51-61-63-64-62-52-42-38-34-30-26-22-18-14-16-20-24-28-32-36-40-44-54-66(58-48-10-4,59-49-11-5)60-50-12-6/h7-54H2,1-6H3. The van der Waals surface area contributed by atoms with E-state index in [9.17, 15) is 0 Å². The van der Waals surface area contributed by atoms with Gasteiger partial charge in [-0.05, 0) is 83.9 Å². The van der Waals surface area contributed by atoms with E-state index >= 15 is 0 Å². The van der Waals surface area contributed by atoms with Gasteiger partial charge in [-0.2, -0.15) is 0 Å². The summed E-state index contributed by atoms with van der Waals surface area (Å²) in [6, 6.07) is 1.97. The maximum atomic E-state index is 6.26. The average Bonchev–Trinajstić information content (AvgIpc) is 3.33. The minimum atomic E-state index is -2.50. The van der Waals surface area contributed by atoms with E-state index in [0.29, 0.717) is 0 Å². The minimum Gasteiger partial charge on any atom is -0.373 e. The lowest BCUT2D eigenvalue weighted by atomic mass is 10.0. The number of hydrogen-bond donors (Lipinski definition) is 0. The Labute approximate surface area is 431 Å². The lowest BCUT2D eigenvalue weighted by molar-refractivity contribution is 0.0580. The van der Waals surface area contributed by atoms with Gasteiger partial charge < -0.3 is 26.6 Å². The highest BCUT2D eigenvalue weighted by Crippen LogP contribution is 2.43. The molecule has 0 aliphatic heterocycles. The van der Waals surface area contributed by atoms with Crippen LogP contribution in [0.25, 0.3) is 0 Å². The molecule has 0 N–H and O–H groups in total. The quantitative estimate of drug-likeness (QED) is 0.0334. The van der Waals surface area contributed by atoms with E-state index in [1.807, 2.05) is 19.7 Å². The van der Waals surface area contributed by atoms with Crippen molar-refractivity contribution in [1.82, 2.24) is 0 Å². The van der Waals surface area contributed by atoms with E-state index in [0.717, 1.165) is 90.3 Å². The van der Waals surface area contributed by atoms with Gasteiger partial charge in [-0.1, -0.05) is 243 Å². The Balaban J connectivity index is 3.40. The molecule has 0 rings (SSSR count). The van der Waals surface area contributed by atoms with Crippen molar-refractivity contribution in [3.63, 3.8) is 0 Å². The fraction of sp³-hybridized carbons (Fsp3) is 1.00. The van der Waals surface area contributed by atoms with Gasteiger partial charge in [0.15, 0.2) is 0 Å². The molecule has 6 nitrogen and oxygen atoms in total. The molecule has 0 aromatic rings. The Morgan fingerprint density at radius 2 is 0.394 bits per heavy atom. The molecule has 0 unspecified atom stereocenters. The zero-order valence-electron chi connectivity index (χ0n) is 45.0. The molecule has 398 valence electrons. The third-order valence-electron chi connectivity index (χ3n) is 12.2. The molecule has 0 aliphatic rings. The van der Waals surface area contributed by atoms with Gasteiger partial charge in [0.05, 0.1) is 0 Å². The third-order valence-corrected chi connectivity index (χ3v) is 24.6. The maximum absolute atomic E-state index is 6.26. The number of hydrogen-bond acceptors (Lipinski definition) is 10. The second-order valence-electron chi connectivity index (χ2n) is 19.1. The third kappa shape index (κ3) is 46.7. The van der Waals surface area contributed by atoms with E-state index in [4.69, 9.17) is 26.6 Å². The first-order chi connectivity index (χ1) is 32.6. The molecule has 0 aromatic carbocycles. The lowest BCUT2D eigenvalue weighted by Crippen LogP contribution is -2.46. The van der Waals surface area contributed by atoms with Crippen LogP contribution in [-0.2, 0) is 26.6 Å². The molecule has 0 bridgehead atoms. The topological polar surface area (TPSA) is 55.4 Å². The first kappa shape index (κ1) is 67.6. The highest BCUT2D eigenvalue weighted by atomic mass is 33.7. The zero-order chi connectivity index (χ0) is 48.0. The van der Waals surface area contributed by atoms with E-state index in [1.165, 1.54) is 217 Å². The van der Waals surface area contributed by atoms with Crippen molar-refractivity contribution in [3.8, 4) is 0 Å². The van der Waals surface area contributed by atoms with Crippen LogP contribution in [0.15, 0.2) is 0 Å². The SMILES string of the molecule is CCCO[Si](CCCCCCCCCCCCCCCCCCSSSSCCCCCCCCCCCCCCCCCC[Si](OCCC)(OCCC)OCCC)(OCCC)OCCC. The molecular weight excluding hydrogens is 929 g/mol. The van der Waals surface area contributed by atoms with Gasteiger partial charge in [-0.25, -0.2) is 0 Å². The van der Waals surface area contributed by atoms with Gasteiger partial charge in [0.25, 0.3) is 0 Å². The predicted octanol–water partition coefficient (Wildman–Crippen LogP) is 20.6. The molecule has 0 saturated carbocycles. The van der Waals surface area contributed by atoms with Gasteiger partial charge >= 0.3 is 17.6 Å². The average molecular weight is 1040 g/mol. The van der Waals surface area contributed by atoms with Gasteiger partial charge in [-0.15, -0.1) is 0 Å². The predicted molar refractivity (Wildman–Crippen MR) is 306 cm³/mol. The fourth-order valence-corrected chi connectivity index (χ4v) is 20.4. The summed E-state index contributed by atoms with van der Waals surface area (Å²) in [5.41, 5.74) is 0. The van der Waals surface area contributed by atoms with Gasteiger partial charge in [-0.3, -0.25) is 0 Å². The molecule has 0 radical (unpaired) electrons. The van der Waals surface area contributed by atoms with Crippen molar-refractivity contribution in [2.24, 2.45) is 0 Å². The van der Waals surface area contributed by atoms with Crippen LogP contribution >= 0.6 is 41.2 Å². The zero-order valence-corrected chi connectivity index (χ0v) is 50.3. The largest absolute Gasteiger partial charge is 0.500 e. The van der Waals surface area contributed by atoms with Crippen molar-refractivity contribution in [2.45, 2.75) is 298 Å². The molecule has 0 saturated heterocycles. The summed E-state index contributed by atoms with van der Waals surface area (Å²) in [6.45, 7) is 17.6. The second-order valence-corrected chi connectivity index (χ2v) is 30.8. The van der Waals surface area contributed by atoms with Crippen LogP contribution < -0.4 is 0 Å². The lowest BCUT2D eigenvalue weighted by Gasteiger charge is -2.29. The highest BCUT2D eigenvalue weighted by Gasteiger charge is 2.41. The van der Waals surface area contributed by atoms with Crippen LogP contribution in [-0.4, -0.2) is 68.8 Å². The Morgan fingerprint density at radius 3 is 0.576 bits per heavy atom. The van der Waals surface area contributed by atoms with Crippen LogP contribution in [0.2, 0.25) is 12.1 Å². The first-order valence-electron chi connectivity index (χ1n) is 29.0. The molecular formula is C54H114O6S4Si2. The summed E-state index contributed by atoms with van der Waals surface area (Å²) >= 11 is 0. The molecule has 0 heterocycles. The summed E-state index contributed by atoms with van der Waals surface area (Å²) in [6.07, 6.45) is 50.8. The summed E-state index contributed by atoms with van der Waals surface area (Å²) in [7, 11) is 3.20. The van der Waals surface area contributed by atoms with Gasteiger partial charge in [0.2, 0.25) is 0 Å². The summed E-state index contributed by atoms with van der Waals surface area (Å²) < 4.78 is 37.6. The highest BCUT2D eigenvalue weighted by molar-refractivity contribution is 9.26. The normalized spacial score (nSPS) is 12.3. The summed E-state index contributed by atoms with van der Waals surface area (Å²) in [5.74, 6) is 2.64. The molecule has 66 heavy (non-hydrogen) atoms. The molecule has 0 aromatic heterocycles. The Hall–Kier alpha value is 1.59. The van der Waals surface area contributed by atoms with E-state index < -0.39 is 17.6 Å². The molecule has 0 spiro atoms.